The van der Waals surface area contributed by atoms with Crippen molar-refractivity contribution in [1.29, 1.82) is 5.41 Å². The minimum absolute atomic E-state index is 0. The number of aromatic nitrogens is 6. The van der Waals surface area contributed by atoms with E-state index in [1.165, 1.54) is 11.3 Å². The first-order chi connectivity index (χ1) is 12.7. The van der Waals surface area contributed by atoms with E-state index in [9.17, 15) is 0 Å². The molecular formula is C18H18ClN7S. The van der Waals surface area contributed by atoms with E-state index in [1.54, 1.807) is 4.68 Å². The summed E-state index contributed by atoms with van der Waals surface area (Å²) in [5.74, 6) is 0.577. The van der Waals surface area contributed by atoms with Crippen LogP contribution in [0.2, 0.25) is 0 Å². The van der Waals surface area contributed by atoms with Gasteiger partial charge in [-0.15, -0.1) is 22.6 Å². The first kappa shape index (κ1) is 18.9. The molecule has 0 spiro atoms. The fraction of sp³-hybridized carbons (Fsp3) is 0.167. The Hall–Kier alpha value is -2.84. The molecule has 0 saturated carbocycles. The molecule has 9 heteroatoms. The monoisotopic (exact) mass is 399 g/mol. The summed E-state index contributed by atoms with van der Waals surface area (Å²) < 4.78 is 1.74. The van der Waals surface area contributed by atoms with Crippen LogP contribution in [0.3, 0.4) is 0 Å². The van der Waals surface area contributed by atoms with Gasteiger partial charge in [-0.05, 0) is 28.3 Å². The highest BCUT2D eigenvalue weighted by molar-refractivity contribution is 7.08. The molecule has 0 saturated heterocycles. The van der Waals surface area contributed by atoms with Crippen molar-refractivity contribution in [3.63, 3.8) is 0 Å². The zero-order valence-electron chi connectivity index (χ0n) is 14.6. The number of H-pyrrole nitrogens is 1. The van der Waals surface area contributed by atoms with Crippen LogP contribution in [0.15, 0.2) is 48.5 Å². The van der Waals surface area contributed by atoms with Crippen LogP contribution in [0.25, 0.3) is 22.5 Å². The van der Waals surface area contributed by atoms with Gasteiger partial charge in [0.15, 0.2) is 0 Å². The number of hydrogen-bond donors (Lipinski definition) is 2. The van der Waals surface area contributed by atoms with Crippen LogP contribution in [0, 0.1) is 5.41 Å². The number of nitrogens with one attached hydrogen (secondary N) is 2. The number of aryl methyl sites for hydroxylation is 1. The second-order valence-electron chi connectivity index (χ2n) is 5.79. The molecule has 7 nitrogen and oxygen atoms in total. The molecule has 2 N–H and O–H groups in total. The van der Waals surface area contributed by atoms with E-state index in [0.29, 0.717) is 17.2 Å². The lowest BCUT2D eigenvalue weighted by Crippen LogP contribution is -2.15. The third kappa shape index (κ3) is 3.96. The Bertz CT molecular complexity index is 1070. The van der Waals surface area contributed by atoms with Crippen LogP contribution >= 0.6 is 23.7 Å². The third-order valence-electron chi connectivity index (χ3n) is 4.09. The molecule has 2 aromatic carbocycles. The quantitative estimate of drug-likeness (QED) is 0.538. The molecule has 4 rings (SSSR count). The minimum atomic E-state index is 0. The Morgan fingerprint density at radius 3 is 2.44 bits per heavy atom. The van der Waals surface area contributed by atoms with Gasteiger partial charge in [-0.25, -0.2) is 4.68 Å². The first-order valence-corrected chi connectivity index (χ1v) is 9.10. The van der Waals surface area contributed by atoms with Crippen LogP contribution in [-0.2, 0) is 13.0 Å². The second kappa shape index (κ2) is 8.24. The lowest BCUT2D eigenvalue weighted by Gasteiger charge is -2.08. The number of halogens is 1. The Morgan fingerprint density at radius 1 is 1.07 bits per heavy atom. The molecule has 0 radical (unpaired) electrons. The van der Waals surface area contributed by atoms with Gasteiger partial charge in [-0.2, -0.15) is 10.3 Å². The van der Waals surface area contributed by atoms with Gasteiger partial charge in [0.25, 0.3) is 0 Å². The zero-order valence-corrected chi connectivity index (χ0v) is 16.2. The van der Waals surface area contributed by atoms with Crippen LogP contribution < -0.4 is 4.80 Å². The third-order valence-corrected chi connectivity index (χ3v) is 5.10. The van der Waals surface area contributed by atoms with Crippen LogP contribution in [0.4, 0.5) is 0 Å². The molecule has 27 heavy (non-hydrogen) atoms. The summed E-state index contributed by atoms with van der Waals surface area (Å²) >= 11 is 1.43. The van der Waals surface area contributed by atoms with E-state index in [0.717, 1.165) is 33.7 Å². The van der Waals surface area contributed by atoms with Gasteiger partial charge >= 0.3 is 0 Å². The standard InChI is InChI=1S/C18H17N7S.ClH/c1-2-16-22-25(18(19)26-16)11-12-7-9-13(10-8-12)14-5-3-4-6-15(14)17-20-23-24-21-17;/h3-10,19H,2,11H2,1H3,(H,20,21,23,24);1H. The average molecular weight is 400 g/mol. The Labute approximate surface area is 166 Å². The summed E-state index contributed by atoms with van der Waals surface area (Å²) in [6.45, 7) is 2.65. The van der Waals surface area contributed by atoms with Crippen molar-refractivity contribution in [3.05, 3.63) is 63.9 Å². The number of hydrogen-bond acceptors (Lipinski definition) is 6. The van der Waals surface area contributed by atoms with Crippen molar-refractivity contribution < 1.29 is 0 Å². The van der Waals surface area contributed by atoms with Crippen molar-refractivity contribution in [2.75, 3.05) is 0 Å². The van der Waals surface area contributed by atoms with Gasteiger partial charge < -0.3 is 0 Å². The molecule has 2 aromatic heterocycles. The highest BCUT2D eigenvalue weighted by Crippen LogP contribution is 2.29. The fourth-order valence-corrected chi connectivity index (χ4v) is 3.50. The topological polar surface area (TPSA) is 96.1 Å². The molecule has 0 fully saturated rings. The molecule has 0 bridgehead atoms. The van der Waals surface area contributed by atoms with E-state index >= 15 is 0 Å². The second-order valence-corrected chi connectivity index (χ2v) is 6.85. The van der Waals surface area contributed by atoms with Gasteiger partial charge in [0.05, 0.1) is 6.54 Å². The van der Waals surface area contributed by atoms with E-state index in [-0.39, 0.29) is 12.4 Å². The lowest BCUT2D eigenvalue weighted by molar-refractivity contribution is 0.638. The van der Waals surface area contributed by atoms with Crippen LogP contribution in [0.5, 0.6) is 0 Å². The van der Waals surface area contributed by atoms with Crippen LogP contribution in [-0.4, -0.2) is 30.4 Å². The summed E-state index contributed by atoms with van der Waals surface area (Å²) in [6, 6.07) is 16.3. The maximum atomic E-state index is 8.03. The van der Waals surface area contributed by atoms with Crippen molar-refractivity contribution in [2.24, 2.45) is 0 Å². The molecule has 0 unspecified atom stereocenters. The maximum absolute atomic E-state index is 8.03. The lowest BCUT2D eigenvalue weighted by atomic mass is 9.98. The summed E-state index contributed by atoms with van der Waals surface area (Å²) in [6.07, 6.45) is 0.856. The summed E-state index contributed by atoms with van der Waals surface area (Å²) in [4.78, 5) is 0.480. The first-order valence-electron chi connectivity index (χ1n) is 8.28. The van der Waals surface area contributed by atoms with Crippen molar-refractivity contribution in [1.82, 2.24) is 30.4 Å². The predicted molar refractivity (Wildman–Crippen MR) is 107 cm³/mol. The van der Waals surface area contributed by atoms with Crippen molar-refractivity contribution in [2.45, 2.75) is 19.9 Å². The Kier molecular flexibility index (Phi) is 5.78. The summed E-state index contributed by atoms with van der Waals surface area (Å²) in [5, 5.41) is 27.8. The minimum Gasteiger partial charge on any atom is -0.274 e. The number of benzene rings is 2. The fourth-order valence-electron chi connectivity index (χ4n) is 2.78. The van der Waals surface area contributed by atoms with E-state index in [1.807, 2.05) is 24.3 Å². The Morgan fingerprint density at radius 2 is 1.81 bits per heavy atom. The molecule has 0 atom stereocenters. The SMILES string of the molecule is CCc1nn(Cc2ccc(-c3ccccc3-c3nn[nH]n3)cc2)c(=N)s1.Cl. The van der Waals surface area contributed by atoms with Gasteiger partial charge in [-0.1, -0.05) is 66.8 Å². The van der Waals surface area contributed by atoms with Gasteiger partial charge in [-0.3, -0.25) is 5.41 Å². The van der Waals surface area contributed by atoms with E-state index < -0.39 is 0 Å². The largest absolute Gasteiger partial charge is 0.274 e. The number of rotatable bonds is 5. The molecular weight excluding hydrogens is 382 g/mol. The highest BCUT2D eigenvalue weighted by Gasteiger charge is 2.10. The smallest absolute Gasteiger partial charge is 0.205 e. The molecule has 0 aliphatic rings. The number of aromatic amines is 1. The molecule has 2 heterocycles. The summed E-state index contributed by atoms with van der Waals surface area (Å²) in [5.41, 5.74) is 4.18. The normalized spacial score (nSPS) is 10.6. The highest BCUT2D eigenvalue weighted by atomic mass is 35.5. The number of nitrogens with zero attached hydrogens (tertiary/aromatic N) is 5. The predicted octanol–water partition coefficient (Wildman–Crippen LogP) is 3.30. The molecule has 0 amide bonds. The maximum Gasteiger partial charge on any atom is 0.205 e. The summed E-state index contributed by atoms with van der Waals surface area (Å²) in [7, 11) is 0. The number of tetrazole rings is 1. The molecule has 0 aliphatic carbocycles. The van der Waals surface area contributed by atoms with E-state index in [4.69, 9.17) is 5.41 Å². The van der Waals surface area contributed by atoms with Gasteiger partial charge in [0, 0.05) is 5.56 Å². The Balaban J connectivity index is 0.00000210. The average Bonchev–Trinajstić information content (AvgIpc) is 3.33. The molecule has 4 aromatic rings. The van der Waals surface area contributed by atoms with Crippen LogP contribution in [0.1, 0.15) is 17.5 Å². The van der Waals surface area contributed by atoms with Gasteiger partial charge in [0.1, 0.15) is 5.01 Å². The molecule has 0 aliphatic heterocycles. The van der Waals surface area contributed by atoms with Crippen molar-refractivity contribution >= 4 is 23.7 Å². The van der Waals surface area contributed by atoms with Crippen molar-refractivity contribution in [3.8, 4) is 22.5 Å². The van der Waals surface area contributed by atoms with Gasteiger partial charge in [0.2, 0.25) is 10.6 Å². The zero-order chi connectivity index (χ0) is 17.9. The van der Waals surface area contributed by atoms with E-state index in [2.05, 4.69) is 56.9 Å². The molecule has 138 valence electrons.